The lowest BCUT2D eigenvalue weighted by Crippen LogP contribution is -2.34. The van der Waals surface area contributed by atoms with Crippen molar-refractivity contribution in [1.82, 2.24) is 10.3 Å². The molecule has 0 aliphatic heterocycles. The zero-order valence-corrected chi connectivity index (χ0v) is 11.7. The molecule has 1 N–H and O–H groups in total. The minimum Gasteiger partial charge on any atom is -0.383 e. The summed E-state index contributed by atoms with van der Waals surface area (Å²) >= 11 is 1.57. The van der Waals surface area contributed by atoms with E-state index in [-0.39, 0.29) is 11.9 Å². The van der Waals surface area contributed by atoms with E-state index in [2.05, 4.69) is 10.3 Å². The molecule has 1 heterocycles. The van der Waals surface area contributed by atoms with Crippen molar-refractivity contribution in [3.8, 4) is 0 Å². The summed E-state index contributed by atoms with van der Waals surface area (Å²) in [4.78, 5) is 16.1. The summed E-state index contributed by atoms with van der Waals surface area (Å²) in [5.41, 5.74) is 0.959. The van der Waals surface area contributed by atoms with E-state index in [0.717, 1.165) is 15.2 Å². The molecule has 0 bridgehead atoms. The first-order chi connectivity index (χ1) is 9.19. The van der Waals surface area contributed by atoms with Crippen LogP contribution in [0.5, 0.6) is 0 Å². The van der Waals surface area contributed by atoms with Gasteiger partial charge in [0, 0.05) is 19.2 Å². The third kappa shape index (κ3) is 3.87. The first-order valence-electron chi connectivity index (χ1n) is 6.02. The molecular weight excluding hydrogens is 260 g/mol. The maximum Gasteiger partial charge on any atom is 0.244 e. The summed E-state index contributed by atoms with van der Waals surface area (Å²) < 4.78 is 6.08. The molecule has 0 aliphatic rings. The molecular formula is C14H16N2O2S. The molecule has 0 fully saturated rings. The molecule has 100 valence electrons. The van der Waals surface area contributed by atoms with Crippen LogP contribution in [0.1, 0.15) is 11.9 Å². The molecule has 0 saturated heterocycles. The number of carbonyl (C=O) groups is 1. The van der Waals surface area contributed by atoms with E-state index < -0.39 is 0 Å². The average molecular weight is 276 g/mol. The lowest BCUT2D eigenvalue weighted by atomic mass is 10.3. The fourth-order valence-electron chi connectivity index (χ4n) is 1.69. The monoisotopic (exact) mass is 276 g/mol. The number of methoxy groups -OCH3 is 1. The summed E-state index contributed by atoms with van der Waals surface area (Å²) in [5.74, 6) is -0.135. The summed E-state index contributed by atoms with van der Waals surface area (Å²) in [6.45, 7) is 2.40. The van der Waals surface area contributed by atoms with Crippen LogP contribution in [-0.4, -0.2) is 30.6 Å². The maximum atomic E-state index is 11.6. The second-order valence-corrected chi connectivity index (χ2v) is 5.28. The number of amides is 1. The third-order valence-corrected chi connectivity index (χ3v) is 3.49. The van der Waals surface area contributed by atoms with Crippen molar-refractivity contribution < 1.29 is 9.53 Å². The van der Waals surface area contributed by atoms with E-state index in [1.807, 2.05) is 31.2 Å². The standard InChI is InChI=1S/C14H16N2O2S/c1-10(9-18-2)15-13(17)7-8-14-16-11-5-3-4-6-12(11)19-14/h3-8,10H,9H2,1-2H3,(H,15,17). The number of benzene rings is 1. The van der Waals surface area contributed by atoms with Gasteiger partial charge in [0.1, 0.15) is 5.01 Å². The molecule has 1 amide bonds. The molecule has 0 saturated carbocycles. The number of nitrogens with zero attached hydrogens (tertiary/aromatic N) is 1. The van der Waals surface area contributed by atoms with Crippen LogP contribution in [0.4, 0.5) is 0 Å². The average Bonchev–Trinajstić information content (AvgIpc) is 2.79. The number of nitrogens with one attached hydrogen (secondary N) is 1. The minimum absolute atomic E-state index is 0.00230. The second-order valence-electron chi connectivity index (χ2n) is 4.22. The van der Waals surface area contributed by atoms with Crippen LogP contribution in [0.3, 0.4) is 0 Å². The lowest BCUT2D eigenvalue weighted by Gasteiger charge is -2.10. The van der Waals surface area contributed by atoms with Gasteiger partial charge in [0.25, 0.3) is 0 Å². The molecule has 1 unspecified atom stereocenters. The number of fused-ring (bicyclic) bond motifs is 1. The number of hydrogen-bond acceptors (Lipinski definition) is 4. The summed E-state index contributed by atoms with van der Waals surface area (Å²) in [5, 5.41) is 3.64. The molecule has 1 aromatic heterocycles. The molecule has 2 rings (SSSR count). The maximum absolute atomic E-state index is 11.6. The lowest BCUT2D eigenvalue weighted by molar-refractivity contribution is -0.117. The van der Waals surface area contributed by atoms with Crippen molar-refractivity contribution >= 4 is 33.5 Å². The van der Waals surface area contributed by atoms with Gasteiger partial charge in [-0.2, -0.15) is 0 Å². The van der Waals surface area contributed by atoms with Crippen molar-refractivity contribution in [2.45, 2.75) is 13.0 Å². The Hall–Kier alpha value is -1.72. The minimum atomic E-state index is -0.135. The van der Waals surface area contributed by atoms with Gasteiger partial charge in [0.15, 0.2) is 0 Å². The highest BCUT2D eigenvalue weighted by Crippen LogP contribution is 2.22. The number of carbonyl (C=O) groups excluding carboxylic acids is 1. The van der Waals surface area contributed by atoms with Gasteiger partial charge in [-0.05, 0) is 25.1 Å². The normalized spacial score (nSPS) is 12.9. The first-order valence-corrected chi connectivity index (χ1v) is 6.84. The van der Waals surface area contributed by atoms with Crippen LogP contribution in [0, 0.1) is 0 Å². The molecule has 1 atom stereocenters. The van der Waals surface area contributed by atoms with Crippen LogP contribution < -0.4 is 5.32 Å². The smallest absolute Gasteiger partial charge is 0.244 e. The van der Waals surface area contributed by atoms with Crippen LogP contribution >= 0.6 is 11.3 Å². The number of ether oxygens (including phenoxy) is 1. The van der Waals surface area contributed by atoms with E-state index in [1.165, 1.54) is 6.08 Å². The highest BCUT2D eigenvalue weighted by atomic mass is 32.1. The van der Waals surface area contributed by atoms with Crippen molar-refractivity contribution in [1.29, 1.82) is 0 Å². The van der Waals surface area contributed by atoms with Crippen LogP contribution in [0.25, 0.3) is 16.3 Å². The number of para-hydroxylation sites is 1. The van der Waals surface area contributed by atoms with Crippen molar-refractivity contribution in [2.75, 3.05) is 13.7 Å². The van der Waals surface area contributed by atoms with Gasteiger partial charge in [-0.3, -0.25) is 4.79 Å². The number of hydrogen-bond donors (Lipinski definition) is 1. The highest BCUT2D eigenvalue weighted by Gasteiger charge is 2.04. The molecule has 0 aliphatic carbocycles. The Kier molecular flexibility index (Phi) is 4.65. The van der Waals surface area contributed by atoms with Crippen molar-refractivity contribution in [3.63, 3.8) is 0 Å². The molecule has 0 radical (unpaired) electrons. The van der Waals surface area contributed by atoms with Crippen molar-refractivity contribution in [2.24, 2.45) is 0 Å². The van der Waals surface area contributed by atoms with Gasteiger partial charge < -0.3 is 10.1 Å². The van der Waals surface area contributed by atoms with E-state index in [0.29, 0.717) is 6.61 Å². The molecule has 19 heavy (non-hydrogen) atoms. The van der Waals surface area contributed by atoms with Crippen LogP contribution in [0.15, 0.2) is 30.3 Å². The fraction of sp³-hybridized carbons (Fsp3) is 0.286. The molecule has 0 spiro atoms. The Labute approximate surface area is 116 Å². The van der Waals surface area contributed by atoms with Gasteiger partial charge in [-0.25, -0.2) is 4.98 Å². The van der Waals surface area contributed by atoms with Crippen LogP contribution in [0.2, 0.25) is 0 Å². The first kappa shape index (κ1) is 13.7. The molecule has 1 aromatic carbocycles. The fourth-order valence-corrected chi connectivity index (χ4v) is 2.56. The van der Waals surface area contributed by atoms with E-state index in [9.17, 15) is 4.79 Å². The quantitative estimate of drug-likeness (QED) is 0.853. The van der Waals surface area contributed by atoms with E-state index >= 15 is 0 Å². The van der Waals surface area contributed by atoms with Gasteiger partial charge in [0.2, 0.25) is 5.91 Å². The topological polar surface area (TPSA) is 51.2 Å². The summed E-state index contributed by atoms with van der Waals surface area (Å²) in [6, 6.07) is 7.91. The number of aromatic nitrogens is 1. The Morgan fingerprint density at radius 2 is 2.32 bits per heavy atom. The van der Waals surface area contributed by atoms with Gasteiger partial charge in [-0.1, -0.05) is 12.1 Å². The van der Waals surface area contributed by atoms with Gasteiger partial charge in [0.05, 0.1) is 16.8 Å². The molecule has 5 heteroatoms. The van der Waals surface area contributed by atoms with Gasteiger partial charge >= 0.3 is 0 Å². The zero-order valence-electron chi connectivity index (χ0n) is 10.9. The van der Waals surface area contributed by atoms with Crippen molar-refractivity contribution in [3.05, 3.63) is 35.3 Å². The SMILES string of the molecule is COCC(C)NC(=O)C=Cc1nc2ccccc2s1. The van der Waals surface area contributed by atoms with E-state index in [4.69, 9.17) is 4.74 Å². The number of thiazole rings is 1. The Balaban J connectivity index is 1.99. The third-order valence-electron chi connectivity index (χ3n) is 2.49. The summed E-state index contributed by atoms with van der Waals surface area (Å²) in [7, 11) is 1.61. The predicted molar refractivity (Wildman–Crippen MR) is 78.1 cm³/mol. The largest absolute Gasteiger partial charge is 0.383 e. The Bertz CT molecular complexity index is 559. The molecule has 4 nitrogen and oxygen atoms in total. The van der Waals surface area contributed by atoms with Gasteiger partial charge in [-0.15, -0.1) is 11.3 Å². The van der Waals surface area contributed by atoms with E-state index in [1.54, 1.807) is 24.5 Å². The second kappa shape index (κ2) is 6.45. The highest BCUT2D eigenvalue weighted by molar-refractivity contribution is 7.19. The summed E-state index contributed by atoms with van der Waals surface area (Å²) in [6.07, 6.45) is 3.24. The molecule has 2 aromatic rings. The zero-order chi connectivity index (χ0) is 13.7. The number of rotatable bonds is 5. The Morgan fingerprint density at radius 1 is 1.53 bits per heavy atom. The van der Waals surface area contributed by atoms with Crippen LogP contribution in [-0.2, 0) is 9.53 Å². The predicted octanol–water partition coefficient (Wildman–Crippen LogP) is 2.46. The Morgan fingerprint density at radius 3 is 3.05 bits per heavy atom.